The van der Waals surface area contributed by atoms with Crippen LogP contribution >= 0.6 is 12.2 Å². The number of hydrogen-bond acceptors (Lipinski definition) is 3. The van der Waals surface area contributed by atoms with Gasteiger partial charge in [-0.15, -0.1) is 0 Å². The number of nitrogens with zero attached hydrogens (tertiary/aromatic N) is 2. The normalized spacial score (nSPS) is 20.0. The molecule has 104 valence electrons. The predicted molar refractivity (Wildman–Crippen MR) is 78.5 cm³/mol. The molecular weight excluding hydrogens is 246 g/mol. The van der Waals surface area contributed by atoms with Gasteiger partial charge in [0.25, 0.3) is 0 Å². The molecule has 1 saturated heterocycles. The van der Waals surface area contributed by atoms with E-state index in [9.17, 15) is 4.79 Å². The van der Waals surface area contributed by atoms with E-state index in [2.05, 4.69) is 11.8 Å². The van der Waals surface area contributed by atoms with Crippen LogP contribution < -0.4 is 5.73 Å². The van der Waals surface area contributed by atoms with Gasteiger partial charge in [0.1, 0.15) is 0 Å². The lowest BCUT2D eigenvalue weighted by atomic mass is 10.0. The quantitative estimate of drug-likeness (QED) is 0.708. The summed E-state index contributed by atoms with van der Waals surface area (Å²) >= 11 is 4.82. The van der Waals surface area contributed by atoms with Gasteiger partial charge in [0.05, 0.1) is 11.5 Å². The second kappa shape index (κ2) is 7.69. The maximum Gasteiger partial charge on any atom is 0.236 e. The molecule has 0 aromatic heterocycles. The van der Waals surface area contributed by atoms with Crippen molar-refractivity contribution in [3.8, 4) is 0 Å². The Morgan fingerprint density at radius 2 is 2.28 bits per heavy atom. The Labute approximate surface area is 115 Å². The SMILES string of the molecule is CCCC1CCN(CC(=O)N(C)CCC(N)=S)C1. The molecule has 0 spiro atoms. The number of hydrogen-bond donors (Lipinski definition) is 1. The minimum atomic E-state index is 0.170. The van der Waals surface area contributed by atoms with Crippen LogP contribution in [0.2, 0.25) is 0 Å². The topological polar surface area (TPSA) is 49.6 Å². The van der Waals surface area contributed by atoms with Gasteiger partial charge in [-0.2, -0.15) is 0 Å². The molecule has 1 aliphatic rings. The van der Waals surface area contributed by atoms with Crippen LogP contribution in [0.5, 0.6) is 0 Å². The van der Waals surface area contributed by atoms with E-state index in [4.69, 9.17) is 18.0 Å². The monoisotopic (exact) mass is 271 g/mol. The van der Waals surface area contributed by atoms with Gasteiger partial charge in [0, 0.05) is 26.6 Å². The summed E-state index contributed by atoms with van der Waals surface area (Å²) in [4.78, 5) is 16.4. The van der Waals surface area contributed by atoms with Gasteiger partial charge < -0.3 is 10.6 Å². The van der Waals surface area contributed by atoms with Crippen molar-refractivity contribution in [1.29, 1.82) is 0 Å². The molecule has 0 saturated carbocycles. The van der Waals surface area contributed by atoms with Crippen LogP contribution in [0.4, 0.5) is 0 Å². The highest BCUT2D eigenvalue weighted by Gasteiger charge is 2.24. The molecule has 1 fully saturated rings. The first-order valence-corrected chi connectivity index (χ1v) is 7.18. The summed E-state index contributed by atoms with van der Waals surface area (Å²) in [5.41, 5.74) is 5.44. The molecule has 1 amide bonds. The van der Waals surface area contributed by atoms with Crippen molar-refractivity contribution in [2.45, 2.75) is 32.6 Å². The highest BCUT2D eigenvalue weighted by atomic mass is 32.1. The second-order valence-electron chi connectivity index (χ2n) is 5.21. The molecule has 0 aromatic rings. The van der Waals surface area contributed by atoms with Gasteiger partial charge >= 0.3 is 0 Å². The molecule has 1 rings (SSSR count). The molecule has 5 heteroatoms. The molecule has 18 heavy (non-hydrogen) atoms. The van der Waals surface area contributed by atoms with Crippen molar-refractivity contribution < 1.29 is 4.79 Å². The van der Waals surface area contributed by atoms with Gasteiger partial charge in [-0.05, 0) is 25.3 Å². The summed E-state index contributed by atoms with van der Waals surface area (Å²) < 4.78 is 0. The third kappa shape index (κ3) is 5.31. The van der Waals surface area contributed by atoms with E-state index in [0.717, 1.165) is 19.0 Å². The molecule has 0 radical (unpaired) electrons. The molecule has 0 aromatic carbocycles. The van der Waals surface area contributed by atoms with E-state index in [0.29, 0.717) is 24.5 Å². The summed E-state index contributed by atoms with van der Waals surface area (Å²) in [7, 11) is 1.82. The smallest absolute Gasteiger partial charge is 0.236 e. The number of carbonyl (C=O) groups excluding carboxylic acids is 1. The van der Waals surface area contributed by atoms with E-state index in [1.54, 1.807) is 4.90 Å². The van der Waals surface area contributed by atoms with E-state index in [1.165, 1.54) is 19.3 Å². The fraction of sp³-hybridized carbons (Fsp3) is 0.846. The first-order chi connectivity index (χ1) is 8.52. The third-order valence-corrected chi connectivity index (χ3v) is 3.75. The summed E-state index contributed by atoms with van der Waals surface area (Å²) in [5.74, 6) is 0.952. The number of rotatable bonds is 7. The Hall–Kier alpha value is -0.680. The number of carbonyl (C=O) groups is 1. The van der Waals surface area contributed by atoms with Crippen LogP contribution in [0, 0.1) is 5.92 Å². The fourth-order valence-corrected chi connectivity index (χ4v) is 2.51. The Morgan fingerprint density at radius 3 is 2.89 bits per heavy atom. The maximum atomic E-state index is 12.0. The summed E-state index contributed by atoms with van der Waals surface area (Å²) in [6.07, 6.45) is 4.36. The first-order valence-electron chi connectivity index (χ1n) is 6.77. The molecule has 1 heterocycles. The largest absolute Gasteiger partial charge is 0.393 e. The minimum absolute atomic E-state index is 0.170. The van der Waals surface area contributed by atoms with Crippen molar-refractivity contribution >= 4 is 23.1 Å². The number of amides is 1. The van der Waals surface area contributed by atoms with Crippen molar-refractivity contribution in [3.05, 3.63) is 0 Å². The van der Waals surface area contributed by atoms with Crippen LogP contribution in [0.25, 0.3) is 0 Å². The first kappa shape index (κ1) is 15.4. The lowest BCUT2D eigenvalue weighted by Gasteiger charge is -2.21. The van der Waals surface area contributed by atoms with Gasteiger partial charge in [-0.1, -0.05) is 25.6 Å². The number of nitrogens with two attached hydrogens (primary N) is 1. The van der Waals surface area contributed by atoms with E-state index >= 15 is 0 Å². The number of thiocarbonyl (C=S) groups is 1. The maximum absolute atomic E-state index is 12.0. The molecule has 4 nitrogen and oxygen atoms in total. The lowest BCUT2D eigenvalue weighted by Crippen LogP contribution is -2.38. The second-order valence-corrected chi connectivity index (χ2v) is 5.73. The average molecular weight is 271 g/mol. The Balaban J connectivity index is 2.25. The Bertz CT molecular complexity index is 296. The zero-order valence-electron chi connectivity index (χ0n) is 11.5. The summed E-state index contributed by atoms with van der Waals surface area (Å²) in [6, 6.07) is 0. The minimum Gasteiger partial charge on any atom is -0.393 e. The van der Waals surface area contributed by atoms with Gasteiger partial charge in [0.2, 0.25) is 5.91 Å². The highest BCUT2D eigenvalue weighted by Crippen LogP contribution is 2.20. The zero-order valence-corrected chi connectivity index (χ0v) is 12.3. The van der Waals surface area contributed by atoms with E-state index < -0.39 is 0 Å². The fourth-order valence-electron chi connectivity index (χ4n) is 2.41. The number of likely N-dealkylation sites (N-methyl/N-ethyl adjacent to an activating group) is 1. The van der Waals surface area contributed by atoms with Crippen LogP contribution in [0.15, 0.2) is 0 Å². The standard InChI is InChI=1S/C13H25N3OS/c1-3-4-11-5-8-16(9-11)10-13(17)15(2)7-6-12(14)18/h11H,3-10H2,1-2H3,(H2,14,18). The van der Waals surface area contributed by atoms with Crippen molar-refractivity contribution in [2.24, 2.45) is 11.7 Å². The molecular formula is C13H25N3OS. The van der Waals surface area contributed by atoms with Crippen molar-refractivity contribution in [1.82, 2.24) is 9.80 Å². The van der Waals surface area contributed by atoms with Crippen LogP contribution in [0.1, 0.15) is 32.6 Å². The van der Waals surface area contributed by atoms with E-state index in [1.807, 2.05) is 7.05 Å². The predicted octanol–water partition coefficient (Wildman–Crippen LogP) is 1.24. The van der Waals surface area contributed by atoms with Gasteiger partial charge in [-0.3, -0.25) is 9.69 Å². The highest BCUT2D eigenvalue weighted by molar-refractivity contribution is 7.80. The van der Waals surface area contributed by atoms with Crippen LogP contribution in [-0.2, 0) is 4.79 Å². The Morgan fingerprint density at radius 1 is 1.56 bits per heavy atom. The molecule has 1 atom stereocenters. The van der Waals surface area contributed by atoms with E-state index in [-0.39, 0.29) is 5.91 Å². The molecule has 2 N–H and O–H groups in total. The van der Waals surface area contributed by atoms with Crippen LogP contribution in [-0.4, -0.2) is 53.9 Å². The molecule has 0 aliphatic carbocycles. The number of likely N-dealkylation sites (tertiary alicyclic amines) is 1. The average Bonchev–Trinajstić information content (AvgIpc) is 2.73. The van der Waals surface area contributed by atoms with Gasteiger partial charge in [-0.25, -0.2) is 0 Å². The lowest BCUT2D eigenvalue weighted by molar-refractivity contribution is -0.130. The van der Waals surface area contributed by atoms with Crippen molar-refractivity contribution in [2.75, 3.05) is 33.2 Å². The van der Waals surface area contributed by atoms with Gasteiger partial charge in [0.15, 0.2) is 0 Å². The summed E-state index contributed by atoms with van der Waals surface area (Å²) in [6.45, 7) is 5.51. The Kier molecular flexibility index (Phi) is 6.57. The third-order valence-electron chi connectivity index (χ3n) is 3.55. The molecule has 1 aliphatic heterocycles. The molecule has 1 unspecified atom stereocenters. The van der Waals surface area contributed by atoms with Crippen molar-refractivity contribution in [3.63, 3.8) is 0 Å². The summed E-state index contributed by atoms with van der Waals surface area (Å²) in [5, 5.41) is 0. The van der Waals surface area contributed by atoms with Crippen LogP contribution in [0.3, 0.4) is 0 Å². The molecule has 0 bridgehead atoms. The zero-order chi connectivity index (χ0) is 13.5.